The fourth-order valence-electron chi connectivity index (χ4n) is 1.89. The van der Waals surface area contributed by atoms with Gasteiger partial charge in [-0.2, -0.15) is 0 Å². The number of benzene rings is 1. The van der Waals surface area contributed by atoms with E-state index in [4.69, 9.17) is 22.7 Å². The summed E-state index contributed by atoms with van der Waals surface area (Å²) in [4.78, 5) is 2.69. The van der Waals surface area contributed by atoms with Crippen molar-refractivity contribution in [1.82, 2.24) is 0 Å². The molecule has 0 fully saturated rings. The van der Waals surface area contributed by atoms with E-state index in [2.05, 4.69) is 24.0 Å². The van der Waals surface area contributed by atoms with Crippen molar-refractivity contribution in [3.05, 3.63) is 29.3 Å². The van der Waals surface area contributed by atoms with Crippen LogP contribution in [-0.4, -0.2) is 31.3 Å². The van der Waals surface area contributed by atoms with Crippen LogP contribution in [-0.2, 0) is 4.74 Å². The lowest BCUT2D eigenvalue weighted by Gasteiger charge is -2.25. The van der Waals surface area contributed by atoms with Crippen molar-refractivity contribution in [2.75, 3.05) is 31.2 Å². The zero-order chi connectivity index (χ0) is 13.5. The highest BCUT2D eigenvalue weighted by Gasteiger charge is 2.11. The van der Waals surface area contributed by atoms with E-state index >= 15 is 0 Å². The summed E-state index contributed by atoms with van der Waals surface area (Å²) in [7, 11) is 0. The van der Waals surface area contributed by atoms with Crippen molar-refractivity contribution in [3.8, 4) is 0 Å². The number of nitrogens with two attached hydrogens (primary N) is 1. The summed E-state index contributed by atoms with van der Waals surface area (Å²) in [5, 5.41) is 0. The maximum absolute atomic E-state index is 5.80. The standard InChI is InChI=1S/C14H22N2OS/c1-4-16(8-9-17-5-2)13-7-6-11(3)10-12(13)14(15)18/h6-7,10H,4-5,8-9H2,1-3H3,(H2,15,18). The normalized spacial score (nSPS) is 10.4. The number of ether oxygens (including phenoxy) is 1. The second-order valence-corrected chi connectivity index (χ2v) is 4.60. The Kier molecular flexibility index (Phi) is 6.09. The molecule has 0 amide bonds. The molecule has 0 aromatic heterocycles. The van der Waals surface area contributed by atoms with Gasteiger partial charge < -0.3 is 15.4 Å². The van der Waals surface area contributed by atoms with E-state index in [1.165, 1.54) is 5.56 Å². The number of hydrogen-bond acceptors (Lipinski definition) is 3. The fraction of sp³-hybridized carbons (Fsp3) is 0.500. The maximum atomic E-state index is 5.80. The van der Waals surface area contributed by atoms with E-state index in [-0.39, 0.29) is 0 Å². The third kappa shape index (κ3) is 3.96. The lowest BCUT2D eigenvalue weighted by atomic mass is 10.1. The Bertz CT molecular complexity index is 407. The van der Waals surface area contributed by atoms with Crippen molar-refractivity contribution in [2.24, 2.45) is 5.73 Å². The predicted molar refractivity (Wildman–Crippen MR) is 81.4 cm³/mol. The molecule has 0 bridgehead atoms. The van der Waals surface area contributed by atoms with Gasteiger partial charge >= 0.3 is 0 Å². The highest BCUT2D eigenvalue weighted by atomic mass is 32.1. The Labute approximate surface area is 115 Å². The highest BCUT2D eigenvalue weighted by Crippen LogP contribution is 2.21. The summed E-state index contributed by atoms with van der Waals surface area (Å²) >= 11 is 5.13. The zero-order valence-corrected chi connectivity index (χ0v) is 12.2. The Morgan fingerprint density at radius 1 is 1.39 bits per heavy atom. The molecule has 0 aliphatic carbocycles. The van der Waals surface area contributed by atoms with Gasteiger partial charge in [-0.05, 0) is 32.9 Å². The van der Waals surface area contributed by atoms with Crippen LogP contribution >= 0.6 is 12.2 Å². The molecule has 2 N–H and O–H groups in total. The number of likely N-dealkylation sites (N-methyl/N-ethyl adjacent to an activating group) is 1. The summed E-state index contributed by atoms with van der Waals surface area (Å²) in [5.74, 6) is 0. The molecular weight excluding hydrogens is 244 g/mol. The minimum atomic E-state index is 0.448. The molecule has 1 rings (SSSR count). The van der Waals surface area contributed by atoms with Gasteiger partial charge in [0.05, 0.1) is 6.61 Å². The molecule has 4 heteroatoms. The van der Waals surface area contributed by atoms with Crippen LogP contribution in [0.3, 0.4) is 0 Å². The number of rotatable bonds is 7. The highest BCUT2D eigenvalue weighted by molar-refractivity contribution is 7.80. The van der Waals surface area contributed by atoms with Crippen LogP contribution in [0, 0.1) is 6.92 Å². The van der Waals surface area contributed by atoms with Crippen molar-refractivity contribution < 1.29 is 4.74 Å². The Morgan fingerprint density at radius 2 is 2.11 bits per heavy atom. The summed E-state index contributed by atoms with van der Waals surface area (Å²) in [6.45, 7) is 9.39. The van der Waals surface area contributed by atoms with Crippen LogP contribution in [0.4, 0.5) is 5.69 Å². The number of nitrogens with zero attached hydrogens (tertiary/aromatic N) is 1. The first kappa shape index (κ1) is 14.9. The number of aryl methyl sites for hydroxylation is 1. The Morgan fingerprint density at radius 3 is 2.67 bits per heavy atom. The van der Waals surface area contributed by atoms with Crippen LogP contribution in [0.25, 0.3) is 0 Å². The summed E-state index contributed by atoms with van der Waals surface area (Å²) in [6.07, 6.45) is 0. The zero-order valence-electron chi connectivity index (χ0n) is 11.4. The minimum absolute atomic E-state index is 0.448. The van der Waals surface area contributed by atoms with E-state index < -0.39 is 0 Å². The van der Waals surface area contributed by atoms with Crippen molar-refractivity contribution in [3.63, 3.8) is 0 Å². The monoisotopic (exact) mass is 266 g/mol. The first-order valence-corrected chi connectivity index (χ1v) is 6.74. The van der Waals surface area contributed by atoms with E-state index in [0.717, 1.165) is 37.6 Å². The molecule has 0 atom stereocenters. The van der Waals surface area contributed by atoms with Crippen LogP contribution in [0.2, 0.25) is 0 Å². The summed E-state index contributed by atoms with van der Waals surface area (Å²) in [5.41, 5.74) is 9.01. The Balaban J connectivity index is 2.93. The fourth-order valence-corrected chi connectivity index (χ4v) is 2.05. The van der Waals surface area contributed by atoms with Gasteiger partial charge in [0.25, 0.3) is 0 Å². The van der Waals surface area contributed by atoms with Crippen molar-refractivity contribution >= 4 is 22.9 Å². The smallest absolute Gasteiger partial charge is 0.106 e. The molecule has 0 radical (unpaired) electrons. The van der Waals surface area contributed by atoms with Crippen LogP contribution in [0.5, 0.6) is 0 Å². The SMILES string of the molecule is CCOCCN(CC)c1ccc(C)cc1C(N)=S. The van der Waals surface area contributed by atoms with E-state index in [1.54, 1.807) is 0 Å². The molecular formula is C14H22N2OS. The second-order valence-electron chi connectivity index (χ2n) is 4.16. The van der Waals surface area contributed by atoms with Gasteiger partial charge in [-0.3, -0.25) is 0 Å². The number of hydrogen-bond donors (Lipinski definition) is 1. The molecule has 1 aromatic carbocycles. The first-order chi connectivity index (χ1) is 8.60. The second kappa shape index (κ2) is 7.34. The minimum Gasteiger partial charge on any atom is -0.389 e. The molecule has 0 saturated heterocycles. The van der Waals surface area contributed by atoms with Crippen LogP contribution in [0.1, 0.15) is 25.0 Å². The molecule has 0 spiro atoms. The van der Waals surface area contributed by atoms with Crippen LogP contribution in [0.15, 0.2) is 18.2 Å². The van der Waals surface area contributed by atoms with Gasteiger partial charge in [-0.15, -0.1) is 0 Å². The molecule has 1 aromatic rings. The van der Waals surface area contributed by atoms with Crippen molar-refractivity contribution in [1.29, 1.82) is 0 Å². The summed E-state index contributed by atoms with van der Waals surface area (Å²) < 4.78 is 5.41. The predicted octanol–water partition coefficient (Wildman–Crippen LogP) is 2.49. The van der Waals surface area contributed by atoms with Crippen molar-refractivity contribution in [2.45, 2.75) is 20.8 Å². The lowest BCUT2D eigenvalue weighted by molar-refractivity contribution is 0.154. The van der Waals surface area contributed by atoms with Gasteiger partial charge in [0.2, 0.25) is 0 Å². The lowest BCUT2D eigenvalue weighted by Crippen LogP contribution is -2.29. The van der Waals surface area contributed by atoms with E-state index in [1.807, 2.05) is 19.9 Å². The average Bonchev–Trinajstić information content (AvgIpc) is 2.35. The third-order valence-corrected chi connectivity index (χ3v) is 3.07. The molecule has 0 unspecified atom stereocenters. The van der Waals surface area contributed by atoms with Gasteiger partial charge in [-0.25, -0.2) is 0 Å². The quantitative estimate of drug-likeness (QED) is 0.608. The van der Waals surface area contributed by atoms with Gasteiger partial charge in [0.15, 0.2) is 0 Å². The largest absolute Gasteiger partial charge is 0.389 e. The number of anilines is 1. The molecule has 0 heterocycles. The third-order valence-electron chi connectivity index (χ3n) is 2.85. The molecule has 18 heavy (non-hydrogen) atoms. The van der Waals surface area contributed by atoms with E-state index in [9.17, 15) is 0 Å². The maximum Gasteiger partial charge on any atom is 0.106 e. The molecule has 0 saturated carbocycles. The molecule has 0 aliphatic rings. The van der Waals surface area contributed by atoms with Crippen LogP contribution < -0.4 is 10.6 Å². The van der Waals surface area contributed by atoms with Gasteiger partial charge in [0, 0.05) is 30.9 Å². The number of thiocarbonyl (C=S) groups is 1. The Hall–Kier alpha value is -1.13. The average molecular weight is 266 g/mol. The molecule has 3 nitrogen and oxygen atoms in total. The molecule has 0 aliphatic heterocycles. The summed E-state index contributed by atoms with van der Waals surface area (Å²) in [6, 6.07) is 6.21. The van der Waals surface area contributed by atoms with Gasteiger partial charge in [-0.1, -0.05) is 23.8 Å². The topological polar surface area (TPSA) is 38.5 Å². The van der Waals surface area contributed by atoms with E-state index in [0.29, 0.717) is 4.99 Å². The molecule has 100 valence electrons. The first-order valence-electron chi connectivity index (χ1n) is 6.33. The van der Waals surface area contributed by atoms with Gasteiger partial charge in [0.1, 0.15) is 4.99 Å².